The van der Waals surface area contributed by atoms with Crippen molar-refractivity contribution in [3.05, 3.63) is 88.5 Å². The van der Waals surface area contributed by atoms with Crippen LogP contribution in [0.4, 0.5) is 0 Å². The molecule has 0 spiro atoms. The maximum atomic E-state index is 11.2. The van der Waals surface area contributed by atoms with Crippen molar-refractivity contribution in [1.29, 1.82) is 0 Å². The predicted octanol–water partition coefficient (Wildman–Crippen LogP) is 4.69. The second kappa shape index (κ2) is 8.91. The molecule has 0 atom stereocenters. The normalized spacial score (nSPS) is 12.0. The van der Waals surface area contributed by atoms with Crippen molar-refractivity contribution in [2.24, 2.45) is 0 Å². The third-order valence-electron chi connectivity index (χ3n) is 5.33. The lowest BCUT2D eigenvalue weighted by Crippen LogP contribution is -2.02. The molecule has 0 aromatic heterocycles. The van der Waals surface area contributed by atoms with Crippen LogP contribution in [0.2, 0.25) is 0 Å². The van der Waals surface area contributed by atoms with Gasteiger partial charge in [-0.05, 0) is 72.2 Å². The Kier molecular flexibility index (Phi) is 5.89. The zero-order chi connectivity index (χ0) is 20.9. The lowest BCUT2D eigenvalue weighted by molar-refractivity contribution is 0.0693. The van der Waals surface area contributed by atoms with Crippen molar-refractivity contribution in [2.75, 3.05) is 13.9 Å². The van der Waals surface area contributed by atoms with Gasteiger partial charge in [-0.15, -0.1) is 0 Å². The summed E-state index contributed by atoms with van der Waals surface area (Å²) in [7, 11) is 1.50. The van der Waals surface area contributed by atoms with E-state index in [0.717, 1.165) is 42.7 Å². The SMILES string of the molecule is COc1cc(CCc2cccc(CCc3ccc4c(c3)OCO4)c2)ccc1C(=O)O. The van der Waals surface area contributed by atoms with Crippen molar-refractivity contribution in [1.82, 2.24) is 0 Å². The third-order valence-corrected chi connectivity index (χ3v) is 5.33. The zero-order valence-electron chi connectivity index (χ0n) is 16.9. The van der Waals surface area contributed by atoms with Gasteiger partial charge in [-0.3, -0.25) is 0 Å². The smallest absolute Gasteiger partial charge is 0.339 e. The number of aromatic carboxylic acids is 1. The average molecular weight is 404 g/mol. The summed E-state index contributed by atoms with van der Waals surface area (Å²) in [6, 6.07) is 20.0. The molecule has 0 saturated carbocycles. The summed E-state index contributed by atoms with van der Waals surface area (Å²) in [5.74, 6) is 1.06. The fourth-order valence-electron chi connectivity index (χ4n) is 3.68. The fraction of sp³-hybridized carbons (Fsp3) is 0.240. The Hall–Kier alpha value is -3.47. The highest BCUT2D eigenvalue weighted by molar-refractivity contribution is 5.91. The van der Waals surface area contributed by atoms with Crippen LogP contribution >= 0.6 is 0 Å². The number of aryl methyl sites for hydroxylation is 4. The van der Waals surface area contributed by atoms with Crippen molar-refractivity contribution in [3.8, 4) is 17.2 Å². The van der Waals surface area contributed by atoms with Gasteiger partial charge < -0.3 is 19.3 Å². The molecule has 0 saturated heterocycles. The summed E-state index contributed by atoms with van der Waals surface area (Å²) < 4.78 is 16.0. The van der Waals surface area contributed by atoms with Crippen molar-refractivity contribution < 1.29 is 24.1 Å². The molecule has 1 aliphatic rings. The molecule has 0 fully saturated rings. The first-order valence-corrected chi connectivity index (χ1v) is 9.99. The van der Waals surface area contributed by atoms with E-state index in [2.05, 4.69) is 36.4 Å². The van der Waals surface area contributed by atoms with Crippen LogP contribution in [0.1, 0.15) is 32.6 Å². The highest BCUT2D eigenvalue weighted by Gasteiger charge is 2.13. The largest absolute Gasteiger partial charge is 0.496 e. The van der Waals surface area contributed by atoms with Crippen LogP contribution in [0.5, 0.6) is 17.2 Å². The van der Waals surface area contributed by atoms with E-state index in [-0.39, 0.29) is 5.56 Å². The van der Waals surface area contributed by atoms with E-state index in [4.69, 9.17) is 14.2 Å². The van der Waals surface area contributed by atoms with Crippen LogP contribution < -0.4 is 14.2 Å². The Morgan fingerprint density at radius 1 is 0.833 bits per heavy atom. The van der Waals surface area contributed by atoms with Gasteiger partial charge >= 0.3 is 5.97 Å². The Morgan fingerprint density at radius 3 is 2.10 bits per heavy atom. The second-order valence-electron chi connectivity index (χ2n) is 7.35. The minimum atomic E-state index is -0.978. The molecule has 0 bridgehead atoms. The number of ether oxygens (including phenoxy) is 3. The fourth-order valence-corrected chi connectivity index (χ4v) is 3.68. The molecule has 1 aliphatic heterocycles. The predicted molar refractivity (Wildman–Crippen MR) is 114 cm³/mol. The molecule has 0 unspecified atom stereocenters. The molecule has 5 heteroatoms. The van der Waals surface area contributed by atoms with Gasteiger partial charge in [0.2, 0.25) is 6.79 Å². The van der Waals surface area contributed by atoms with Gasteiger partial charge in [0.1, 0.15) is 11.3 Å². The van der Waals surface area contributed by atoms with Crippen LogP contribution in [0.3, 0.4) is 0 Å². The van der Waals surface area contributed by atoms with Gasteiger partial charge in [0, 0.05) is 0 Å². The highest BCUT2D eigenvalue weighted by Crippen LogP contribution is 2.32. The molecule has 30 heavy (non-hydrogen) atoms. The number of hydrogen-bond donors (Lipinski definition) is 1. The molecule has 0 aliphatic carbocycles. The molecule has 1 heterocycles. The van der Waals surface area contributed by atoms with Crippen LogP contribution in [0.25, 0.3) is 0 Å². The molecule has 0 radical (unpaired) electrons. The van der Waals surface area contributed by atoms with E-state index in [1.807, 2.05) is 18.2 Å². The first-order chi connectivity index (χ1) is 14.6. The highest BCUT2D eigenvalue weighted by atomic mass is 16.7. The van der Waals surface area contributed by atoms with Crippen LogP contribution in [0, 0.1) is 0 Å². The van der Waals surface area contributed by atoms with E-state index < -0.39 is 5.97 Å². The minimum Gasteiger partial charge on any atom is -0.496 e. The molecule has 154 valence electrons. The van der Waals surface area contributed by atoms with Gasteiger partial charge in [-0.1, -0.05) is 36.4 Å². The van der Waals surface area contributed by atoms with Gasteiger partial charge in [-0.2, -0.15) is 0 Å². The summed E-state index contributed by atoms with van der Waals surface area (Å²) in [5, 5.41) is 9.21. The topological polar surface area (TPSA) is 65.0 Å². The van der Waals surface area contributed by atoms with Gasteiger partial charge in [0.05, 0.1) is 7.11 Å². The maximum absolute atomic E-state index is 11.2. The Balaban J connectivity index is 1.37. The van der Waals surface area contributed by atoms with Crippen LogP contribution in [-0.2, 0) is 25.7 Å². The summed E-state index contributed by atoms with van der Waals surface area (Å²) in [5.41, 5.74) is 5.04. The van der Waals surface area contributed by atoms with Gasteiger partial charge in [0.15, 0.2) is 11.5 Å². The molecule has 5 nitrogen and oxygen atoms in total. The third kappa shape index (κ3) is 4.57. The zero-order valence-corrected chi connectivity index (χ0v) is 16.9. The summed E-state index contributed by atoms with van der Waals surface area (Å²) in [6.07, 6.45) is 3.60. The number of hydrogen-bond acceptors (Lipinski definition) is 4. The van der Waals surface area contributed by atoms with Gasteiger partial charge in [-0.25, -0.2) is 4.79 Å². The molecular weight excluding hydrogens is 380 g/mol. The quantitative estimate of drug-likeness (QED) is 0.590. The number of fused-ring (bicyclic) bond motifs is 1. The first-order valence-electron chi connectivity index (χ1n) is 9.99. The number of rotatable bonds is 8. The summed E-state index contributed by atoms with van der Waals surface area (Å²) in [4.78, 5) is 11.2. The maximum Gasteiger partial charge on any atom is 0.339 e. The molecular formula is C25H24O5. The Morgan fingerprint density at radius 2 is 1.43 bits per heavy atom. The van der Waals surface area contributed by atoms with E-state index >= 15 is 0 Å². The minimum absolute atomic E-state index is 0.187. The second-order valence-corrected chi connectivity index (χ2v) is 7.35. The summed E-state index contributed by atoms with van der Waals surface area (Å²) in [6.45, 7) is 0.297. The lowest BCUT2D eigenvalue weighted by atomic mass is 9.98. The molecule has 0 amide bonds. The monoisotopic (exact) mass is 404 g/mol. The molecule has 4 rings (SSSR count). The number of carbonyl (C=O) groups is 1. The number of methoxy groups -OCH3 is 1. The van der Waals surface area contributed by atoms with Crippen molar-refractivity contribution >= 4 is 5.97 Å². The van der Waals surface area contributed by atoms with Gasteiger partial charge in [0.25, 0.3) is 0 Å². The Bertz CT molecular complexity index is 1060. The van der Waals surface area contributed by atoms with Crippen molar-refractivity contribution in [3.63, 3.8) is 0 Å². The number of benzene rings is 3. The average Bonchev–Trinajstić information content (AvgIpc) is 3.24. The summed E-state index contributed by atoms with van der Waals surface area (Å²) >= 11 is 0. The molecule has 3 aromatic rings. The molecule has 3 aromatic carbocycles. The van der Waals surface area contributed by atoms with Crippen LogP contribution in [-0.4, -0.2) is 25.0 Å². The molecule has 1 N–H and O–H groups in total. The van der Waals surface area contributed by atoms with Crippen molar-refractivity contribution in [2.45, 2.75) is 25.7 Å². The van der Waals surface area contributed by atoms with Crippen LogP contribution in [0.15, 0.2) is 60.7 Å². The lowest BCUT2D eigenvalue weighted by Gasteiger charge is -2.09. The number of carboxylic acids is 1. The first kappa shape index (κ1) is 19.8. The standard InChI is InChI=1S/C25H24O5/c1-28-23-14-19(9-11-21(23)25(26)27)7-5-17-3-2-4-18(13-17)6-8-20-10-12-22-24(15-20)30-16-29-22/h2-4,9-15H,5-8,16H2,1H3,(H,26,27). The van der Waals surface area contributed by atoms with E-state index in [9.17, 15) is 9.90 Å². The van der Waals surface area contributed by atoms with E-state index in [1.165, 1.54) is 23.8 Å². The van der Waals surface area contributed by atoms with E-state index in [1.54, 1.807) is 6.07 Å². The number of carboxylic acid groups (broad SMARTS) is 1. The van der Waals surface area contributed by atoms with E-state index in [0.29, 0.717) is 12.5 Å². The Labute approximate surface area is 175 Å².